The molecule has 10 aromatic carbocycles. The molecule has 3 heteroatoms. The third-order valence-electron chi connectivity index (χ3n) is 15.3. The van der Waals surface area contributed by atoms with Crippen LogP contribution in [0.15, 0.2) is 199 Å². The maximum Gasteiger partial charge on any atom is 0.137 e. The molecule has 0 spiro atoms. The number of aromatic nitrogens is 1. The summed E-state index contributed by atoms with van der Waals surface area (Å²) in [5.41, 5.74) is 21.4. The molecule has 0 atom stereocenters. The van der Waals surface area contributed by atoms with E-state index >= 15 is 0 Å². The Balaban J connectivity index is 0.869. The Morgan fingerprint density at radius 2 is 0.955 bits per heavy atom. The first-order valence-corrected chi connectivity index (χ1v) is 23.5. The standard InChI is InChI=1S/C64H46N2O/c1-63(2)53-18-10-8-16-47(53)49-30-26-44(36-55(49)63)65(45-27-31-50-48-17-9-11-19-54(48)64(3,4)56(50)37-45)46-28-32-52-51-29-23-39(35-59(51)67-60(52)38-46)21-22-40-33-42-25-24-41-13-12-20-57-61(41)62(42)58(34-40)66(57)43-14-6-5-7-15-43/h5-38H,1-4H3/b22-21+. The van der Waals surface area contributed by atoms with E-state index in [1.807, 2.05) is 0 Å². The minimum absolute atomic E-state index is 0.128. The number of hydrogen-bond acceptors (Lipinski definition) is 2. The fraction of sp³-hybridized carbons (Fsp3) is 0.0938. The zero-order chi connectivity index (χ0) is 44.8. The second-order valence-electron chi connectivity index (χ2n) is 19.8. The van der Waals surface area contributed by atoms with Gasteiger partial charge in [-0.25, -0.2) is 0 Å². The summed E-state index contributed by atoms with van der Waals surface area (Å²) in [6.07, 6.45) is 4.45. The normalized spacial score (nSPS) is 14.4. The van der Waals surface area contributed by atoms with Crippen LogP contribution in [0, 0.1) is 0 Å². The lowest BCUT2D eigenvalue weighted by atomic mass is 9.82. The molecular formula is C64H46N2O. The Morgan fingerprint density at radius 3 is 1.66 bits per heavy atom. The molecule has 0 saturated heterocycles. The smallest absolute Gasteiger partial charge is 0.137 e. The topological polar surface area (TPSA) is 21.3 Å². The molecule has 0 fully saturated rings. The van der Waals surface area contributed by atoms with Gasteiger partial charge < -0.3 is 13.9 Å². The number of benzene rings is 10. The van der Waals surface area contributed by atoms with E-state index in [9.17, 15) is 0 Å². The van der Waals surface area contributed by atoms with Gasteiger partial charge in [-0.3, -0.25) is 0 Å². The largest absolute Gasteiger partial charge is 0.456 e. The molecule has 3 nitrogen and oxygen atoms in total. The van der Waals surface area contributed by atoms with E-state index in [0.717, 1.165) is 50.1 Å². The lowest BCUT2D eigenvalue weighted by Gasteiger charge is -2.29. The molecular weight excluding hydrogens is 813 g/mol. The van der Waals surface area contributed by atoms with Gasteiger partial charge in [0.2, 0.25) is 0 Å². The van der Waals surface area contributed by atoms with Gasteiger partial charge in [0.05, 0.1) is 11.0 Å². The van der Waals surface area contributed by atoms with Gasteiger partial charge >= 0.3 is 0 Å². The van der Waals surface area contributed by atoms with Crippen molar-refractivity contribution >= 4 is 83.7 Å². The number of para-hydroxylation sites is 1. The molecule has 318 valence electrons. The highest BCUT2D eigenvalue weighted by Crippen LogP contribution is 2.53. The monoisotopic (exact) mass is 858 g/mol. The highest BCUT2D eigenvalue weighted by atomic mass is 16.3. The van der Waals surface area contributed by atoms with Crippen LogP contribution in [-0.2, 0) is 10.8 Å². The lowest BCUT2D eigenvalue weighted by Crippen LogP contribution is -2.18. The van der Waals surface area contributed by atoms with Gasteiger partial charge in [-0.2, -0.15) is 0 Å². The highest BCUT2D eigenvalue weighted by Gasteiger charge is 2.38. The highest BCUT2D eigenvalue weighted by molar-refractivity contribution is 6.24. The van der Waals surface area contributed by atoms with Crippen molar-refractivity contribution in [3.05, 3.63) is 228 Å². The zero-order valence-electron chi connectivity index (χ0n) is 37.9. The minimum Gasteiger partial charge on any atom is -0.456 e. The molecule has 0 aliphatic heterocycles. The van der Waals surface area contributed by atoms with Gasteiger partial charge in [0.1, 0.15) is 11.2 Å². The Morgan fingerprint density at radius 1 is 0.403 bits per heavy atom. The Labute approximate surface area is 389 Å². The van der Waals surface area contributed by atoms with Crippen LogP contribution in [0.4, 0.5) is 17.1 Å². The second kappa shape index (κ2) is 13.7. The SMILES string of the molecule is CC1(C)c2ccccc2-c2ccc(N(c3ccc4c(c3)C(C)(C)c3ccccc3-4)c3ccc4c(c3)oc3cc(/C=C/c5cc6ccc7cccc8c7c6c(c5)n8-c5ccccc5)ccc34)cc21. The van der Waals surface area contributed by atoms with E-state index in [1.54, 1.807) is 0 Å². The number of rotatable bonds is 6. The summed E-state index contributed by atoms with van der Waals surface area (Å²) in [5, 5.41) is 7.36. The zero-order valence-corrected chi connectivity index (χ0v) is 37.9. The number of anilines is 3. The average molecular weight is 859 g/mol. The molecule has 2 aliphatic carbocycles. The van der Waals surface area contributed by atoms with E-state index in [4.69, 9.17) is 4.42 Å². The summed E-state index contributed by atoms with van der Waals surface area (Å²) in [6.45, 7) is 9.43. The van der Waals surface area contributed by atoms with E-state index < -0.39 is 0 Å². The van der Waals surface area contributed by atoms with Crippen molar-refractivity contribution < 1.29 is 4.42 Å². The maximum absolute atomic E-state index is 6.83. The molecule has 12 aromatic rings. The third-order valence-corrected chi connectivity index (χ3v) is 15.3. The summed E-state index contributed by atoms with van der Waals surface area (Å²) in [4.78, 5) is 2.43. The number of fused-ring (bicyclic) bond motifs is 9. The molecule has 0 amide bonds. The van der Waals surface area contributed by atoms with Crippen molar-refractivity contribution in [2.24, 2.45) is 0 Å². The fourth-order valence-electron chi connectivity index (χ4n) is 12.0. The predicted molar refractivity (Wildman–Crippen MR) is 282 cm³/mol. The number of hydrogen-bond donors (Lipinski definition) is 0. The van der Waals surface area contributed by atoms with Crippen molar-refractivity contribution in [2.75, 3.05) is 4.90 Å². The Kier molecular flexibility index (Phi) is 7.80. The number of furan rings is 1. The van der Waals surface area contributed by atoms with Crippen molar-refractivity contribution in [2.45, 2.75) is 38.5 Å². The van der Waals surface area contributed by atoms with Crippen molar-refractivity contribution in [3.63, 3.8) is 0 Å². The van der Waals surface area contributed by atoms with Crippen LogP contribution in [-0.4, -0.2) is 4.57 Å². The third kappa shape index (κ3) is 5.46. The van der Waals surface area contributed by atoms with E-state index in [2.05, 4.69) is 243 Å². The van der Waals surface area contributed by atoms with Crippen LogP contribution < -0.4 is 4.90 Å². The quantitative estimate of drug-likeness (QED) is 0.123. The molecule has 2 aromatic heterocycles. The molecule has 14 rings (SSSR count). The van der Waals surface area contributed by atoms with E-state index in [-0.39, 0.29) is 10.8 Å². The van der Waals surface area contributed by atoms with Gasteiger partial charge in [-0.05, 0) is 145 Å². The van der Waals surface area contributed by atoms with Crippen molar-refractivity contribution in [1.29, 1.82) is 0 Å². The van der Waals surface area contributed by atoms with E-state index in [1.165, 1.54) is 82.8 Å². The summed E-state index contributed by atoms with van der Waals surface area (Å²) in [7, 11) is 0. The first-order valence-electron chi connectivity index (χ1n) is 23.5. The van der Waals surface area contributed by atoms with Crippen molar-refractivity contribution in [1.82, 2.24) is 4.57 Å². The molecule has 0 saturated carbocycles. The minimum atomic E-state index is -0.128. The van der Waals surface area contributed by atoms with Gasteiger partial charge in [0.15, 0.2) is 0 Å². The first kappa shape index (κ1) is 38.2. The molecule has 0 radical (unpaired) electrons. The van der Waals surface area contributed by atoms with Crippen LogP contribution in [0.1, 0.15) is 61.1 Å². The van der Waals surface area contributed by atoms with E-state index in [0.29, 0.717) is 0 Å². The number of nitrogens with zero attached hydrogens (tertiary/aromatic N) is 2. The molecule has 2 heterocycles. The molecule has 0 bridgehead atoms. The lowest BCUT2D eigenvalue weighted by molar-refractivity contribution is 0.660. The van der Waals surface area contributed by atoms with Gasteiger partial charge in [0.25, 0.3) is 0 Å². The summed E-state index contributed by atoms with van der Waals surface area (Å²) < 4.78 is 9.24. The predicted octanol–water partition coefficient (Wildman–Crippen LogP) is 17.5. The van der Waals surface area contributed by atoms with Crippen LogP contribution in [0.25, 0.3) is 94.6 Å². The summed E-state index contributed by atoms with van der Waals surface area (Å²) in [5.74, 6) is 0. The Bertz CT molecular complexity index is 3940. The van der Waals surface area contributed by atoms with Crippen LogP contribution in [0.3, 0.4) is 0 Å². The summed E-state index contributed by atoms with van der Waals surface area (Å²) >= 11 is 0. The average Bonchev–Trinajstić information content (AvgIpc) is 4.03. The fourth-order valence-corrected chi connectivity index (χ4v) is 12.0. The molecule has 0 N–H and O–H groups in total. The summed E-state index contributed by atoms with van der Waals surface area (Å²) in [6, 6.07) is 71.7. The van der Waals surface area contributed by atoms with Gasteiger partial charge in [-0.15, -0.1) is 0 Å². The van der Waals surface area contributed by atoms with Crippen LogP contribution >= 0.6 is 0 Å². The maximum atomic E-state index is 6.83. The molecule has 2 aliphatic rings. The van der Waals surface area contributed by atoms with Crippen LogP contribution in [0.5, 0.6) is 0 Å². The molecule has 67 heavy (non-hydrogen) atoms. The second-order valence-corrected chi connectivity index (χ2v) is 19.8. The first-order chi connectivity index (χ1) is 32.7. The van der Waals surface area contributed by atoms with Crippen LogP contribution in [0.2, 0.25) is 0 Å². The Hall–Kier alpha value is -8.14. The van der Waals surface area contributed by atoms with Gasteiger partial charge in [-0.1, -0.05) is 149 Å². The molecule has 0 unspecified atom stereocenters. The van der Waals surface area contributed by atoms with Gasteiger partial charge in [0, 0.05) is 61.2 Å². The van der Waals surface area contributed by atoms with Crippen molar-refractivity contribution in [3.8, 4) is 27.9 Å².